The van der Waals surface area contributed by atoms with Gasteiger partial charge in [0.2, 0.25) is 0 Å². The van der Waals surface area contributed by atoms with Crippen LogP contribution in [0.1, 0.15) is 10.4 Å². The summed E-state index contributed by atoms with van der Waals surface area (Å²) in [7, 11) is -2.95. The summed E-state index contributed by atoms with van der Waals surface area (Å²) in [6.07, 6.45) is 2.76. The van der Waals surface area contributed by atoms with Crippen molar-refractivity contribution >= 4 is 31.4 Å². The van der Waals surface area contributed by atoms with Crippen molar-refractivity contribution in [2.24, 2.45) is 0 Å². The highest BCUT2D eigenvalue weighted by atomic mass is 32.2. The molecule has 1 N–H and O–H groups in total. The zero-order valence-corrected chi connectivity index (χ0v) is 14.0. The van der Waals surface area contributed by atoms with Crippen LogP contribution in [0.2, 0.25) is 0 Å². The van der Waals surface area contributed by atoms with Gasteiger partial charge in [0.25, 0.3) is 5.56 Å². The third kappa shape index (κ3) is 3.90. The number of hydrogen-bond acceptors (Lipinski definition) is 6. The zero-order valence-electron chi connectivity index (χ0n) is 12.3. The number of nitrogens with one attached hydrogen (secondary N) is 1. The molecule has 0 radical (unpaired) electrons. The fraction of sp³-hybridized carbons (Fsp3) is 0.538. The first-order chi connectivity index (χ1) is 9.79. The van der Waals surface area contributed by atoms with E-state index >= 15 is 0 Å². The van der Waals surface area contributed by atoms with Gasteiger partial charge in [-0.05, 0) is 19.4 Å². The summed E-state index contributed by atoms with van der Waals surface area (Å²) in [6, 6.07) is 0. The zero-order chi connectivity index (χ0) is 15.6. The van der Waals surface area contributed by atoms with Crippen LogP contribution in [0.5, 0.6) is 0 Å². The molecule has 0 saturated heterocycles. The average molecular weight is 329 g/mol. The largest absolute Gasteiger partial charge is 0.314 e. The van der Waals surface area contributed by atoms with E-state index in [-0.39, 0.29) is 11.3 Å². The maximum absolute atomic E-state index is 12.4. The molecule has 0 unspecified atom stereocenters. The van der Waals surface area contributed by atoms with Gasteiger partial charge in [-0.3, -0.25) is 9.36 Å². The van der Waals surface area contributed by atoms with E-state index in [0.717, 1.165) is 15.3 Å². The molecule has 2 aromatic heterocycles. The molecule has 2 heterocycles. The van der Waals surface area contributed by atoms with Gasteiger partial charge in [0.1, 0.15) is 14.7 Å². The summed E-state index contributed by atoms with van der Waals surface area (Å²) in [6.45, 7) is 5.31. The van der Waals surface area contributed by atoms with Gasteiger partial charge in [0.15, 0.2) is 0 Å². The Labute approximate surface area is 127 Å². The molecule has 2 aromatic rings. The molecule has 2 rings (SSSR count). The number of nitrogens with zero attached hydrogens (tertiary/aromatic N) is 2. The number of aromatic nitrogens is 2. The number of aryl methyl sites for hydroxylation is 2. The highest BCUT2D eigenvalue weighted by Gasteiger charge is 2.11. The monoisotopic (exact) mass is 329 g/mol. The number of fused-ring (bicyclic) bond motifs is 1. The predicted octanol–water partition coefficient (Wildman–Crippen LogP) is 0.709. The molecule has 6 nitrogen and oxygen atoms in total. The fourth-order valence-corrected chi connectivity index (χ4v) is 3.51. The van der Waals surface area contributed by atoms with E-state index in [2.05, 4.69) is 10.3 Å². The summed E-state index contributed by atoms with van der Waals surface area (Å²) < 4.78 is 23.6. The first-order valence-corrected chi connectivity index (χ1v) is 9.51. The molecular weight excluding hydrogens is 310 g/mol. The van der Waals surface area contributed by atoms with Gasteiger partial charge < -0.3 is 5.32 Å². The lowest BCUT2D eigenvalue weighted by molar-refractivity contribution is 0.580. The quantitative estimate of drug-likeness (QED) is 0.790. The van der Waals surface area contributed by atoms with Crippen molar-refractivity contribution in [1.29, 1.82) is 0 Å². The van der Waals surface area contributed by atoms with Crippen LogP contribution < -0.4 is 10.9 Å². The number of hydrogen-bond donors (Lipinski definition) is 1. The topological polar surface area (TPSA) is 81.1 Å². The molecule has 0 amide bonds. The Bertz CT molecular complexity index is 806. The minimum Gasteiger partial charge on any atom is -0.314 e. The van der Waals surface area contributed by atoms with Crippen LogP contribution in [0, 0.1) is 13.8 Å². The standard InChI is InChI=1S/C13H19N3O3S2/c1-9-10(2)20-12-11(9)13(17)16(8-15-12)6-4-14-5-7-21(3,18)19/h8,14H,4-7H2,1-3H3. The highest BCUT2D eigenvalue weighted by molar-refractivity contribution is 7.90. The Morgan fingerprint density at radius 2 is 2.05 bits per heavy atom. The molecule has 0 spiro atoms. The summed E-state index contributed by atoms with van der Waals surface area (Å²) in [5.74, 6) is 0.0992. The van der Waals surface area contributed by atoms with Crippen LogP contribution in [-0.4, -0.2) is 43.1 Å². The lowest BCUT2D eigenvalue weighted by atomic mass is 10.2. The fourth-order valence-electron chi connectivity index (χ4n) is 2.01. The lowest BCUT2D eigenvalue weighted by Gasteiger charge is -2.07. The van der Waals surface area contributed by atoms with E-state index < -0.39 is 9.84 Å². The van der Waals surface area contributed by atoms with E-state index in [0.29, 0.717) is 25.0 Å². The molecule has 116 valence electrons. The third-order valence-electron chi connectivity index (χ3n) is 3.33. The SMILES string of the molecule is Cc1sc2ncn(CCNCCS(C)(=O)=O)c(=O)c2c1C. The summed E-state index contributed by atoms with van der Waals surface area (Å²) >= 11 is 1.53. The van der Waals surface area contributed by atoms with Gasteiger partial charge in [0.05, 0.1) is 17.5 Å². The van der Waals surface area contributed by atoms with Gasteiger partial charge in [-0.25, -0.2) is 13.4 Å². The Morgan fingerprint density at radius 1 is 1.33 bits per heavy atom. The molecule has 0 aliphatic rings. The minimum atomic E-state index is -2.95. The first-order valence-electron chi connectivity index (χ1n) is 6.63. The van der Waals surface area contributed by atoms with Crippen LogP contribution >= 0.6 is 11.3 Å². The Hall–Kier alpha value is -1.25. The molecule has 8 heteroatoms. The molecular formula is C13H19N3O3S2. The second kappa shape index (κ2) is 6.25. The number of sulfone groups is 1. The van der Waals surface area contributed by atoms with E-state index in [1.807, 2.05) is 13.8 Å². The van der Waals surface area contributed by atoms with Gasteiger partial charge in [-0.15, -0.1) is 11.3 Å². The number of rotatable bonds is 6. The summed E-state index contributed by atoms with van der Waals surface area (Å²) in [5.41, 5.74) is 0.957. The van der Waals surface area contributed by atoms with E-state index in [9.17, 15) is 13.2 Å². The van der Waals surface area contributed by atoms with Crippen molar-refractivity contribution in [3.05, 3.63) is 27.1 Å². The molecule has 0 atom stereocenters. The van der Waals surface area contributed by atoms with Gasteiger partial charge >= 0.3 is 0 Å². The molecule has 0 aliphatic carbocycles. The van der Waals surface area contributed by atoms with Gasteiger partial charge in [-0.1, -0.05) is 0 Å². The molecule has 0 aliphatic heterocycles. The van der Waals surface area contributed by atoms with Crippen LogP contribution in [0.3, 0.4) is 0 Å². The van der Waals surface area contributed by atoms with Crippen LogP contribution in [0.15, 0.2) is 11.1 Å². The van der Waals surface area contributed by atoms with E-state index in [4.69, 9.17) is 0 Å². The van der Waals surface area contributed by atoms with Crippen molar-refractivity contribution in [2.75, 3.05) is 25.1 Å². The number of thiophene rings is 1. The lowest BCUT2D eigenvalue weighted by Crippen LogP contribution is -2.29. The van der Waals surface area contributed by atoms with Crippen LogP contribution in [-0.2, 0) is 16.4 Å². The van der Waals surface area contributed by atoms with Crippen molar-refractivity contribution in [1.82, 2.24) is 14.9 Å². The molecule has 0 fully saturated rings. The van der Waals surface area contributed by atoms with Crippen molar-refractivity contribution in [3.63, 3.8) is 0 Å². The second-order valence-electron chi connectivity index (χ2n) is 5.09. The van der Waals surface area contributed by atoms with Crippen LogP contribution in [0.25, 0.3) is 10.2 Å². The Morgan fingerprint density at radius 3 is 2.71 bits per heavy atom. The Balaban J connectivity index is 2.05. The molecule has 0 bridgehead atoms. The second-order valence-corrected chi connectivity index (χ2v) is 8.55. The highest BCUT2D eigenvalue weighted by Crippen LogP contribution is 2.25. The maximum Gasteiger partial charge on any atom is 0.262 e. The maximum atomic E-state index is 12.4. The molecule has 21 heavy (non-hydrogen) atoms. The molecule has 0 aromatic carbocycles. The van der Waals surface area contributed by atoms with Crippen LogP contribution in [0.4, 0.5) is 0 Å². The van der Waals surface area contributed by atoms with Crippen molar-refractivity contribution in [3.8, 4) is 0 Å². The normalized spacial score (nSPS) is 12.1. The minimum absolute atomic E-state index is 0.0354. The van der Waals surface area contributed by atoms with Gasteiger partial charge in [0, 0.05) is 30.8 Å². The average Bonchev–Trinajstić information content (AvgIpc) is 2.67. The third-order valence-corrected chi connectivity index (χ3v) is 5.40. The van der Waals surface area contributed by atoms with Crippen molar-refractivity contribution in [2.45, 2.75) is 20.4 Å². The predicted molar refractivity (Wildman–Crippen MR) is 85.9 cm³/mol. The summed E-state index contributed by atoms with van der Waals surface area (Å²) in [4.78, 5) is 18.6. The van der Waals surface area contributed by atoms with E-state index in [1.165, 1.54) is 17.6 Å². The first kappa shape index (κ1) is 16.1. The Kier molecular flexibility index (Phi) is 4.80. The summed E-state index contributed by atoms with van der Waals surface area (Å²) in [5, 5.41) is 3.71. The van der Waals surface area contributed by atoms with E-state index in [1.54, 1.807) is 10.9 Å². The molecule has 0 saturated carbocycles. The van der Waals surface area contributed by atoms with Crippen molar-refractivity contribution < 1.29 is 8.42 Å². The smallest absolute Gasteiger partial charge is 0.262 e. The van der Waals surface area contributed by atoms with Gasteiger partial charge in [-0.2, -0.15) is 0 Å².